The highest BCUT2D eigenvalue weighted by molar-refractivity contribution is 7.80. The lowest BCUT2D eigenvalue weighted by Crippen LogP contribution is -2.12. The van der Waals surface area contributed by atoms with Gasteiger partial charge >= 0.3 is 0 Å². The number of carbonyl (C=O) groups excluding carboxylic acids is 1. The molecule has 2 rings (SSSR count). The minimum atomic E-state index is -0.551. The van der Waals surface area contributed by atoms with Crippen molar-refractivity contribution in [2.45, 2.75) is 4.90 Å². The van der Waals surface area contributed by atoms with Crippen molar-refractivity contribution in [2.24, 2.45) is 5.73 Å². The summed E-state index contributed by atoms with van der Waals surface area (Å²) in [5, 5.41) is 10.1. The number of thiol groups is 1. The second-order valence-electron chi connectivity index (χ2n) is 2.52. The van der Waals surface area contributed by atoms with Crippen LogP contribution in [0.15, 0.2) is 17.0 Å². The number of rotatable bonds is 1. The topological polar surface area (TPSA) is 84.7 Å². The van der Waals surface area contributed by atoms with Crippen LogP contribution in [0.25, 0.3) is 11.0 Å². The molecule has 2 aromatic rings. The van der Waals surface area contributed by atoms with E-state index in [4.69, 9.17) is 5.73 Å². The predicted molar refractivity (Wildman–Crippen MR) is 49.7 cm³/mol. The van der Waals surface area contributed by atoms with Gasteiger partial charge in [0, 0.05) is 4.90 Å². The average molecular weight is 194 g/mol. The van der Waals surface area contributed by atoms with E-state index in [9.17, 15) is 4.79 Å². The lowest BCUT2D eigenvalue weighted by atomic mass is 10.2. The number of primary amides is 1. The first kappa shape index (κ1) is 8.06. The number of fused-ring (bicyclic) bond motifs is 1. The van der Waals surface area contributed by atoms with Crippen LogP contribution >= 0.6 is 12.6 Å². The van der Waals surface area contributed by atoms with Crippen LogP contribution in [0.5, 0.6) is 0 Å². The largest absolute Gasteiger partial charge is 0.365 e. The molecule has 0 aliphatic rings. The molecule has 0 saturated carbocycles. The molecule has 1 aromatic heterocycles. The van der Waals surface area contributed by atoms with Crippen molar-refractivity contribution in [1.29, 1.82) is 0 Å². The molecule has 3 N–H and O–H groups in total. The van der Waals surface area contributed by atoms with Crippen LogP contribution in [0.3, 0.4) is 0 Å². The molecule has 0 fully saturated rings. The molecule has 66 valence electrons. The fraction of sp³-hybridized carbons (Fsp3) is 0. The van der Waals surface area contributed by atoms with Gasteiger partial charge in [0.15, 0.2) is 0 Å². The number of hydrogen-bond donors (Lipinski definition) is 3. The molecule has 1 heterocycles. The first-order valence-electron chi connectivity index (χ1n) is 3.52. The minimum absolute atomic E-state index is 0.301. The first-order valence-corrected chi connectivity index (χ1v) is 3.97. The van der Waals surface area contributed by atoms with Gasteiger partial charge in [0.05, 0.1) is 5.56 Å². The summed E-state index contributed by atoms with van der Waals surface area (Å²) in [7, 11) is 0. The Morgan fingerprint density at radius 1 is 1.46 bits per heavy atom. The Bertz CT molecular complexity index is 478. The molecular formula is C7H6N4OS. The van der Waals surface area contributed by atoms with Gasteiger partial charge in [-0.15, -0.1) is 12.6 Å². The maximum absolute atomic E-state index is 11.0. The lowest BCUT2D eigenvalue weighted by Gasteiger charge is -1.98. The number of nitrogens with one attached hydrogen (secondary N) is 1. The van der Waals surface area contributed by atoms with Crippen molar-refractivity contribution in [3.8, 4) is 0 Å². The molecule has 6 heteroatoms. The molecule has 0 aliphatic heterocycles. The zero-order valence-electron chi connectivity index (χ0n) is 6.48. The Labute approximate surface area is 78.7 Å². The Morgan fingerprint density at radius 3 is 2.92 bits per heavy atom. The van der Waals surface area contributed by atoms with Crippen LogP contribution < -0.4 is 5.73 Å². The Morgan fingerprint density at radius 2 is 2.23 bits per heavy atom. The highest BCUT2D eigenvalue weighted by Crippen LogP contribution is 2.20. The fourth-order valence-electron chi connectivity index (χ4n) is 1.14. The monoisotopic (exact) mass is 194 g/mol. The van der Waals surface area contributed by atoms with E-state index in [0.29, 0.717) is 21.5 Å². The molecule has 0 spiro atoms. The van der Waals surface area contributed by atoms with Crippen molar-refractivity contribution >= 4 is 29.6 Å². The number of nitrogens with zero attached hydrogens (tertiary/aromatic N) is 2. The second kappa shape index (κ2) is 2.74. The van der Waals surface area contributed by atoms with Gasteiger partial charge < -0.3 is 5.73 Å². The summed E-state index contributed by atoms with van der Waals surface area (Å²) in [5.41, 5.74) is 6.53. The molecular weight excluding hydrogens is 188 g/mol. The van der Waals surface area contributed by atoms with Crippen LogP contribution in [0.1, 0.15) is 10.4 Å². The maximum Gasteiger partial charge on any atom is 0.252 e. The number of benzene rings is 1. The average Bonchev–Trinajstić information content (AvgIpc) is 2.50. The van der Waals surface area contributed by atoms with Crippen molar-refractivity contribution in [1.82, 2.24) is 15.4 Å². The van der Waals surface area contributed by atoms with Gasteiger partial charge in [-0.2, -0.15) is 15.4 Å². The minimum Gasteiger partial charge on any atom is -0.365 e. The zero-order valence-corrected chi connectivity index (χ0v) is 7.38. The van der Waals surface area contributed by atoms with E-state index in [1.807, 2.05) is 0 Å². The van der Waals surface area contributed by atoms with Crippen molar-refractivity contribution in [2.75, 3.05) is 0 Å². The number of nitrogens with two attached hydrogens (primary N) is 1. The summed E-state index contributed by atoms with van der Waals surface area (Å²) in [4.78, 5) is 11.5. The number of aromatic nitrogens is 3. The third-order valence-corrected chi connectivity index (χ3v) is 2.09. The van der Waals surface area contributed by atoms with Gasteiger partial charge in [-0.1, -0.05) is 0 Å². The van der Waals surface area contributed by atoms with E-state index in [1.165, 1.54) is 0 Å². The fourth-order valence-corrected chi connectivity index (χ4v) is 1.44. The number of aromatic amines is 1. The molecule has 0 atom stereocenters. The van der Waals surface area contributed by atoms with Crippen molar-refractivity contribution in [3.05, 3.63) is 17.7 Å². The molecule has 0 radical (unpaired) electrons. The summed E-state index contributed by atoms with van der Waals surface area (Å²) < 4.78 is 0. The Balaban J connectivity index is 2.88. The lowest BCUT2D eigenvalue weighted by molar-refractivity contribution is 0.0999. The van der Waals surface area contributed by atoms with Crippen LogP contribution in [0.4, 0.5) is 0 Å². The number of amides is 1. The van der Waals surface area contributed by atoms with Crippen molar-refractivity contribution < 1.29 is 4.79 Å². The SMILES string of the molecule is NC(=O)c1c(S)ccc2n[nH]nc12. The first-order chi connectivity index (χ1) is 6.20. The zero-order chi connectivity index (χ0) is 9.42. The molecule has 0 unspecified atom stereocenters. The molecule has 0 bridgehead atoms. The van der Waals surface area contributed by atoms with E-state index >= 15 is 0 Å². The van der Waals surface area contributed by atoms with Gasteiger partial charge in [-0.25, -0.2) is 0 Å². The van der Waals surface area contributed by atoms with Gasteiger partial charge in [0.25, 0.3) is 5.91 Å². The van der Waals surface area contributed by atoms with Gasteiger partial charge in [0.1, 0.15) is 11.0 Å². The third-order valence-electron chi connectivity index (χ3n) is 1.71. The number of H-pyrrole nitrogens is 1. The molecule has 0 aliphatic carbocycles. The Kier molecular flexibility index (Phi) is 1.70. The van der Waals surface area contributed by atoms with E-state index in [2.05, 4.69) is 28.0 Å². The van der Waals surface area contributed by atoms with Gasteiger partial charge in [0.2, 0.25) is 0 Å². The van der Waals surface area contributed by atoms with E-state index in [0.717, 1.165) is 0 Å². The smallest absolute Gasteiger partial charge is 0.252 e. The summed E-state index contributed by atoms with van der Waals surface area (Å²) >= 11 is 4.11. The standard InChI is InChI=1S/C7H6N4OS/c8-7(12)5-4(13)2-1-3-6(5)10-11-9-3/h1-2,13H,(H2,8,12)(H,9,10,11). The third kappa shape index (κ3) is 1.15. The second-order valence-corrected chi connectivity index (χ2v) is 3.00. The molecule has 0 saturated heterocycles. The molecule has 1 aromatic carbocycles. The van der Waals surface area contributed by atoms with E-state index < -0.39 is 5.91 Å². The molecule has 5 nitrogen and oxygen atoms in total. The molecule has 1 amide bonds. The summed E-state index contributed by atoms with van der Waals surface area (Å²) in [6.07, 6.45) is 0. The van der Waals surface area contributed by atoms with Crippen LogP contribution in [0, 0.1) is 0 Å². The van der Waals surface area contributed by atoms with Crippen LogP contribution in [-0.2, 0) is 0 Å². The predicted octanol–water partition coefficient (Wildman–Crippen LogP) is 0.345. The molecule has 13 heavy (non-hydrogen) atoms. The van der Waals surface area contributed by atoms with Crippen molar-refractivity contribution in [3.63, 3.8) is 0 Å². The van der Waals surface area contributed by atoms with E-state index in [-0.39, 0.29) is 0 Å². The normalized spacial score (nSPS) is 10.5. The van der Waals surface area contributed by atoms with Crippen LogP contribution in [-0.4, -0.2) is 21.3 Å². The highest BCUT2D eigenvalue weighted by Gasteiger charge is 2.13. The highest BCUT2D eigenvalue weighted by atomic mass is 32.1. The number of carbonyl (C=O) groups is 1. The maximum atomic E-state index is 11.0. The van der Waals surface area contributed by atoms with Gasteiger partial charge in [-0.05, 0) is 12.1 Å². The Hall–Kier alpha value is -1.56. The van der Waals surface area contributed by atoms with Crippen LogP contribution in [0.2, 0.25) is 0 Å². The van der Waals surface area contributed by atoms with E-state index in [1.54, 1.807) is 12.1 Å². The number of hydrogen-bond acceptors (Lipinski definition) is 4. The van der Waals surface area contributed by atoms with Gasteiger partial charge in [-0.3, -0.25) is 4.79 Å². The summed E-state index contributed by atoms with van der Waals surface area (Å²) in [6, 6.07) is 3.38. The quantitative estimate of drug-likeness (QED) is 0.572. The summed E-state index contributed by atoms with van der Waals surface area (Å²) in [6.45, 7) is 0. The summed E-state index contributed by atoms with van der Waals surface area (Å²) in [5.74, 6) is -0.551.